The zero-order valence-corrected chi connectivity index (χ0v) is 10.4. The van der Waals surface area contributed by atoms with Crippen molar-refractivity contribution >= 4 is 11.6 Å². The molecule has 18 heavy (non-hydrogen) atoms. The Labute approximate surface area is 107 Å². The first-order valence-electron chi connectivity index (χ1n) is 6.66. The molecule has 4 nitrogen and oxygen atoms in total. The van der Waals surface area contributed by atoms with E-state index >= 15 is 0 Å². The van der Waals surface area contributed by atoms with E-state index in [1.165, 1.54) is 11.1 Å². The fourth-order valence-corrected chi connectivity index (χ4v) is 2.98. The number of hydrogen-bond acceptors (Lipinski definition) is 3. The van der Waals surface area contributed by atoms with Crippen LogP contribution in [0.15, 0.2) is 18.2 Å². The summed E-state index contributed by atoms with van der Waals surface area (Å²) in [4.78, 5) is 11.8. The van der Waals surface area contributed by atoms with E-state index in [0.29, 0.717) is 6.04 Å². The van der Waals surface area contributed by atoms with Crippen LogP contribution < -0.4 is 16.4 Å². The standard InChI is InChI=1S/C14H19N3O/c15-10-4-5-11-9(8-10)3-6-12(11)17-13-2-1-7-16-14(13)18/h4-5,8,12-13,17H,1-3,6-7,15H2,(H,16,18). The number of aryl methyl sites for hydroxylation is 1. The highest BCUT2D eigenvalue weighted by Crippen LogP contribution is 2.33. The molecule has 0 aromatic heterocycles. The molecule has 0 radical (unpaired) electrons. The molecule has 4 heteroatoms. The zero-order valence-electron chi connectivity index (χ0n) is 10.4. The van der Waals surface area contributed by atoms with Crippen LogP contribution in [0.25, 0.3) is 0 Å². The lowest BCUT2D eigenvalue weighted by atomic mass is 10.0. The number of nitrogens with one attached hydrogen (secondary N) is 2. The number of piperidine rings is 1. The van der Waals surface area contributed by atoms with Gasteiger partial charge in [0.15, 0.2) is 0 Å². The van der Waals surface area contributed by atoms with Gasteiger partial charge in [-0.25, -0.2) is 0 Å². The van der Waals surface area contributed by atoms with Gasteiger partial charge in [-0.2, -0.15) is 0 Å². The van der Waals surface area contributed by atoms with Crippen LogP contribution in [0.1, 0.15) is 36.4 Å². The molecule has 1 aromatic rings. The van der Waals surface area contributed by atoms with Crippen LogP contribution in [0, 0.1) is 0 Å². The molecule has 1 heterocycles. The molecular weight excluding hydrogens is 226 g/mol. The Morgan fingerprint density at radius 1 is 1.28 bits per heavy atom. The van der Waals surface area contributed by atoms with Crippen LogP contribution in [0.5, 0.6) is 0 Å². The number of fused-ring (bicyclic) bond motifs is 1. The van der Waals surface area contributed by atoms with Crippen LogP contribution in [0.4, 0.5) is 5.69 Å². The third-order valence-electron chi connectivity index (χ3n) is 3.93. The number of hydrogen-bond donors (Lipinski definition) is 3. The molecule has 0 saturated carbocycles. The second-order valence-electron chi connectivity index (χ2n) is 5.20. The molecule has 2 unspecified atom stereocenters. The van der Waals surface area contributed by atoms with Gasteiger partial charge in [-0.15, -0.1) is 0 Å². The van der Waals surface area contributed by atoms with Crippen LogP contribution in [-0.2, 0) is 11.2 Å². The normalized spacial score (nSPS) is 26.8. The molecule has 3 rings (SSSR count). The van der Waals surface area contributed by atoms with Gasteiger partial charge < -0.3 is 11.1 Å². The van der Waals surface area contributed by atoms with E-state index in [1.807, 2.05) is 6.07 Å². The molecular formula is C14H19N3O. The highest BCUT2D eigenvalue weighted by atomic mass is 16.2. The van der Waals surface area contributed by atoms with Crippen molar-refractivity contribution in [3.8, 4) is 0 Å². The van der Waals surface area contributed by atoms with Gasteiger partial charge in [0.25, 0.3) is 0 Å². The largest absolute Gasteiger partial charge is 0.399 e. The van der Waals surface area contributed by atoms with Crippen LogP contribution in [0.2, 0.25) is 0 Å². The van der Waals surface area contributed by atoms with E-state index in [2.05, 4.69) is 22.8 Å². The first kappa shape index (κ1) is 11.5. The summed E-state index contributed by atoms with van der Waals surface area (Å²) in [6, 6.07) is 6.36. The number of amides is 1. The van der Waals surface area contributed by atoms with Crippen LogP contribution in [-0.4, -0.2) is 18.5 Å². The monoisotopic (exact) mass is 245 g/mol. The maximum Gasteiger partial charge on any atom is 0.237 e. The minimum absolute atomic E-state index is 0.0350. The third kappa shape index (κ3) is 2.08. The molecule has 96 valence electrons. The van der Waals surface area contributed by atoms with E-state index in [0.717, 1.165) is 37.9 Å². The maximum absolute atomic E-state index is 11.8. The lowest BCUT2D eigenvalue weighted by Gasteiger charge is -2.26. The maximum atomic E-state index is 11.8. The van der Waals surface area contributed by atoms with Crippen molar-refractivity contribution in [1.82, 2.24) is 10.6 Å². The van der Waals surface area contributed by atoms with Gasteiger partial charge in [0.2, 0.25) is 5.91 Å². The smallest absolute Gasteiger partial charge is 0.237 e. The van der Waals surface area contributed by atoms with Crippen LogP contribution in [0.3, 0.4) is 0 Å². The second kappa shape index (κ2) is 4.61. The summed E-state index contributed by atoms with van der Waals surface area (Å²) in [6.45, 7) is 0.814. The fraction of sp³-hybridized carbons (Fsp3) is 0.500. The van der Waals surface area contributed by atoms with Gasteiger partial charge in [-0.1, -0.05) is 6.07 Å². The molecule has 1 aromatic carbocycles. The quantitative estimate of drug-likeness (QED) is 0.684. The Kier molecular flexibility index (Phi) is 2.96. The fourth-order valence-electron chi connectivity index (χ4n) is 2.98. The number of nitrogens with two attached hydrogens (primary N) is 1. The molecule has 1 saturated heterocycles. The van der Waals surface area contributed by atoms with Crippen molar-refractivity contribution < 1.29 is 4.79 Å². The number of anilines is 1. The highest BCUT2D eigenvalue weighted by Gasteiger charge is 2.28. The Morgan fingerprint density at radius 3 is 3.00 bits per heavy atom. The van der Waals surface area contributed by atoms with Crippen molar-refractivity contribution in [2.45, 2.75) is 37.8 Å². The SMILES string of the molecule is Nc1ccc2c(c1)CCC2NC1CCCNC1=O. The van der Waals surface area contributed by atoms with Crippen molar-refractivity contribution in [2.75, 3.05) is 12.3 Å². The summed E-state index contributed by atoms with van der Waals surface area (Å²) in [5.74, 6) is 0.144. The Bertz CT molecular complexity index is 472. The van der Waals surface area contributed by atoms with E-state index in [-0.39, 0.29) is 11.9 Å². The molecule has 1 amide bonds. The number of carbonyl (C=O) groups excluding carboxylic acids is 1. The predicted octanol–water partition coefficient (Wildman–Crippen LogP) is 1.12. The van der Waals surface area contributed by atoms with Gasteiger partial charge in [0.05, 0.1) is 6.04 Å². The molecule has 2 atom stereocenters. The van der Waals surface area contributed by atoms with E-state index in [9.17, 15) is 4.79 Å². The summed E-state index contributed by atoms with van der Waals surface area (Å²) in [5.41, 5.74) is 9.25. The number of benzene rings is 1. The molecule has 4 N–H and O–H groups in total. The third-order valence-corrected chi connectivity index (χ3v) is 3.93. The molecule has 2 aliphatic rings. The first-order valence-corrected chi connectivity index (χ1v) is 6.66. The lowest BCUT2D eigenvalue weighted by molar-refractivity contribution is -0.124. The number of nitrogen functional groups attached to an aromatic ring is 1. The lowest BCUT2D eigenvalue weighted by Crippen LogP contribution is -2.49. The van der Waals surface area contributed by atoms with Gasteiger partial charge in [-0.05, 0) is 48.9 Å². The average molecular weight is 245 g/mol. The van der Waals surface area contributed by atoms with Crippen molar-refractivity contribution in [1.29, 1.82) is 0 Å². The van der Waals surface area contributed by atoms with Gasteiger partial charge >= 0.3 is 0 Å². The van der Waals surface area contributed by atoms with Gasteiger partial charge in [-0.3, -0.25) is 10.1 Å². The minimum atomic E-state index is -0.0350. The van der Waals surface area contributed by atoms with Crippen molar-refractivity contribution in [3.05, 3.63) is 29.3 Å². The van der Waals surface area contributed by atoms with E-state index in [4.69, 9.17) is 5.73 Å². The predicted molar refractivity (Wildman–Crippen MR) is 71.1 cm³/mol. The summed E-state index contributed by atoms with van der Waals surface area (Å²) >= 11 is 0. The second-order valence-corrected chi connectivity index (χ2v) is 5.20. The highest BCUT2D eigenvalue weighted by molar-refractivity contribution is 5.82. The topological polar surface area (TPSA) is 67.2 Å². The Morgan fingerprint density at radius 2 is 2.17 bits per heavy atom. The minimum Gasteiger partial charge on any atom is -0.399 e. The molecule has 1 aliphatic heterocycles. The summed E-state index contributed by atoms with van der Waals surface area (Å²) in [7, 11) is 0. The van der Waals surface area contributed by atoms with Gasteiger partial charge in [0, 0.05) is 18.3 Å². The summed E-state index contributed by atoms with van der Waals surface area (Å²) in [5, 5.41) is 6.41. The van der Waals surface area contributed by atoms with Gasteiger partial charge in [0.1, 0.15) is 0 Å². The Balaban J connectivity index is 1.74. The molecule has 1 aliphatic carbocycles. The molecule has 0 bridgehead atoms. The zero-order chi connectivity index (χ0) is 12.5. The van der Waals surface area contributed by atoms with Crippen LogP contribution >= 0.6 is 0 Å². The molecule has 0 spiro atoms. The number of rotatable bonds is 2. The first-order chi connectivity index (χ1) is 8.74. The molecule has 1 fully saturated rings. The van der Waals surface area contributed by atoms with E-state index in [1.54, 1.807) is 0 Å². The van der Waals surface area contributed by atoms with E-state index < -0.39 is 0 Å². The summed E-state index contributed by atoms with van der Waals surface area (Å²) in [6.07, 6.45) is 4.10. The van der Waals surface area contributed by atoms with Crippen molar-refractivity contribution in [2.24, 2.45) is 0 Å². The van der Waals surface area contributed by atoms with Crippen molar-refractivity contribution in [3.63, 3.8) is 0 Å². The average Bonchev–Trinajstić information content (AvgIpc) is 2.74. The Hall–Kier alpha value is -1.55. The number of carbonyl (C=O) groups is 1. The summed E-state index contributed by atoms with van der Waals surface area (Å²) < 4.78 is 0.